The van der Waals surface area contributed by atoms with Crippen molar-refractivity contribution in [3.05, 3.63) is 59.7 Å². The molecule has 33 heavy (non-hydrogen) atoms. The van der Waals surface area contributed by atoms with Crippen LogP contribution in [0.15, 0.2) is 48.5 Å². The molecule has 1 aliphatic carbocycles. The van der Waals surface area contributed by atoms with Crippen molar-refractivity contribution in [3.8, 4) is 11.5 Å². The highest BCUT2D eigenvalue weighted by Gasteiger charge is 2.21. The van der Waals surface area contributed by atoms with Gasteiger partial charge in [0.2, 0.25) is 0 Å². The van der Waals surface area contributed by atoms with E-state index in [9.17, 15) is 4.79 Å². The van der Waals surface area contributed by atoms with Gasteiger partial charge in [-0.3, -0.25) is 0 Å². The van der Waals surface area contributed by atoms with Crippen LogP contribution in [0.5, 0.6) is 11.5 Å². The van der Waals surface area contributed by atoms with Gasteiger partial charge in [0.1, 0.15) is 11.5 Å². The van der Waals surface area contributed by atoms with Crippen molar-refractivity contribution >= 4 is 5.97 Å². The number of benzene rings is 2. The van der Waals surface area contributed by atoms with Gasteiger partial charge < -0.3 is 9.47 Å². The van der Waals surface area contributed by atoms with E-state index < -0.39 is 0 Å². The molecule has 0 saturated heterocycles. The van der Waals surface area contributed by atoms with Crippen LogP contribution in [0.3, 0.4) is 0 Å². The van der Waals surface area contributed by atoms with Crippen molar-refractivity contribution in [1.29, 1.82) is 0 Å². The minimum Gasteiger partial charge on any atom is -0.493 e. The minimum absolute atomic E-state index is 0.336. The number of carbonyl (C=O) groups excluding carboxylic acids is 1. The molecule has 0 aliphatic heterocycles. The largest absolute Gasteiger partial charge is 0.493 e. The molecule has 0 amide bonds. The van der Waals surface area contributed by atoms with Crippen molar-refractivity contribution in [2.24, 2.45) is 17.8 Å². The molecule has 180 valence electrons. The van der Waals surface area contributed by atoms with E-state index in [1.807, 2.05) is 36.4 Å². The Morgan fingerprint density at radius 3 is 2.15 bits per heavy atom. The number of rotatable bonds is 12. The Morgan fingerprint density at radius 2 is 1.52 bits per heavy atom. The molecule has 2 aromatic carbocycles. The lowest BCUT2D eigenvalue weighted by Crippen LogP contribution is -2.20. The summed E-state index contributed by atoms with van der Waals surface area (Å²) < 4.78 is 11.6. The summed E-state index contributed by atoms with van der Waals surface area (Å²) in [4.78, 5) is 12.5. The predicted octanol–water partition coefficient (Wildman–Crippen LogP) is 8.26. The van der Waals surface area contributed by atoms with Gasteiger partial charge in [0.25, 0.3) is 0 Å². The van der Waals surface area contributed by atoms with E-state index in [-0.39, 0.29) is 5.97 Å². The van der Waals surface area contributed by atoms with E-state index in [0.717, 1.165) is 31.1 Å². The minimum atomic E-state index is -0.336. The monoisotopic (exact) mass is 450 g/mol. The SMILES string of the molecule is CCCCCC1CCC(COc2ccc(C(=O)Oc3ccc(C[C@@H](C)CC)cc3)cc2)CC1. The third kappa shape index (κ3) is 8.53. The highest BCUT2D eigenvalue weighted by Crippen LogP contribution is 2.32. The fraction of sp³-hybridized carbons (Fsp3) is 0.567. The fourth-order valence-corrected chi connectivity index (χ4v) is 4.68. The number of ether oxygens (including phenoxy) is 2. The Labute approximate surface area is 200 Å². The molecule has 0 bridgehead atoms. The van der Waals surface area contributed by atoms with Crippen molar-refractivity contribution in [1.82, 2.24) is 0 Å². The van der Waals surface area contributed by atoms with Crippen LogP contribution in [-0.4, -0.2) is 12.6 Å². The molecule has 3 rings (SSSR count). The van der Waals surface area contributed by atoms with E-state index in [0.29, 0.717) is 23.1 Å². The molecule has 0 unspecified atom stereocenters. The number of hydrogen-bond acceptors (Lipinski definition) is 3. The highest BCUT2D eigenvalue weighted by molar-refractivity contribution is 5.91. The van der Waals surface area contributed by atoms with E-state index in [2.05, 4.69) is 20.8 Å². The van der Waals surface area contributed by atoms with E-state index in [1.165, 1.54) is 56.9 Å². The summed E-state index contributed by atoms with van der Waals surface area (Å²) in [6.07, 6.45) is 12.9. The predicted molar refractivity (Wildman–Crippen MR) is 136 cm³/mol. The van der Waals surface area contributed by atoms with Crippen LogP contribution in [0.4, 0.5) is 0 Å². The van der Waals surface area contributed by atoms with Crippen LogP contribution in [0.25, 0.3) is 0 Å². The maximum atomic E-state index is 12.5. The van der Waals surface area contributed by atoms with Crippen LogP contribution in [-0.2, 0) is 6.42 Å². The molecule has 0 N–H and O–H groups in total. The van der Waals surface area contributed by atoms with Crippen LogP contribution in [0, 0.1) is 17.8 Å². The summed E-state index contributed by atoms with van der Waals surface area (Å²) >= 11 is 0. The second-order valence-electron chi connectivity index (χ2n) is 9.97. The summed E-state index contributed by atoms with van der Waals surface area (Å²) in [5, 5.41) is 0. The first-order valence-electron chi connectivity index (χ1n) is 13.1. The molecule has 3 nitrogen and oxygen atoms in total. The quantitative estimate of drug-likeness (QED) is 0.185. The van der Waals surface area contributed by atoms with Gasteiger partial charge in [-0.1, -0.05) is 77.8 Å². The smallest absolute Gasteiger partial charge is 0.343 e. The van der Waals surface area contributed by atoms with Gasteiger partial charge in [-0.2, -0.15) is 0 Å². The normalized spacial score (nSPS) is 19.1. The van der Waals surface area contributed by atoms with Gasteiger partial charge in [-0.25, -0.2) is 4.79 Å². The zero-order valence-corrected chi connectivity index (χ0v) is 20.9. The molecule has 2 aromatic rings. The van der Waals surface area contributed by atoms with Gasteiger partial charge >= 0.3 is 5.97 Å². The Balaban J connectivity index is 1.40. The molecule has 0 spiro atoms. The fourth-order valence-electron chi connectivity index (χ4n) is 4.68. The number of esters is 1. The number of hydrogen-bond donors (Lipinski definition) is 0. The van der Waals surface area contributed by atoms with Gasteiger partial charge in [-0.15, -0.1) is 0 Å². The first kappa shape index (κ1) is 25.3. The molecule has 1 saturated carbocycles. The average molecular weight is 451 g/mol. The van der Waals surface area contributed by atoms with Crippen LogP contribution >= 0.6 is 0 Å². The van der Waals surface area contributed by atoms with Crippen LogP contribution in [0.2, 0.25) is 0 Å². The molecule has 0 aromatic heterocycles. The summed E-state index contributed by atoms with van der Waals surface area (Å²) in [5.41, 5.74) is 1.81. The highest BCUT2D eigenvalue weighted by atomic mass is 16.5. The van der Waals surface area contributed by atoms with Gasteiger partial charge in [0, 0.05) is 0 Å². The summed E-state index contributed by atoms with van der Waals surface area (Å²) in [6, 6.07) is 15.2. The topological polar surface area (TPSA) is 35.5 Å². The van der Waals surface area contributed by atoms with Crippen LogP contribution < -0.4 is 9.47 Å². The Morgan fingerprint density at radius 1 is 0.879 bits per heavy atom. The van der Waals surface area contributed by atoms with Crippen molar-refractivity contribution < 1.29 is 14.3 Å². The van der Waals surface area contributed by atoms with Gasteiger partial charge in [0.05, 0.1) is 12.2 Å². The average Bonchev–Trinajstić information content (AvgIpc) is 2.85. The maximum absolute atomic E-state index is 12.5. The van der Waals surface area contributed by atoms with E-state index in [4.69, 9.17) is 9.47 Å². The van der Waals surface area contributed by atoms with Crippen LogP contribution in [0.1, 0.15) is 94.5 Å². The molecular formula is C30H42O3. The van der Waals surface area contributed by atoms with Crippen molar-refractivity contribution in [2.75, 3.05) is 6.61 Å². The lowest BCUT2D eigenvalue weighted by molar-refractivity contribution is 0.0734. The molecule has 0 heterocycles. The second kappa shape index (κ2) is 13.4. The zero-order valence-electron chi connectivity index (χ0n) is 20.9. The molecule has 1 fully saturated rings. The third-order valence-corrected chi connectivity index (χ3v) is 7.17. The van der Waals surface area contributed by atoms with E-state index >= 15 is 0 Å². The maximum Gasteiger partial charge on any atom is 0.343 e. The van der Waals surface area contributed by atoms with Gasteiger partial charge in [0.15, 0.2) is 0 Å². The summed E-state index contributed by atoms with van der Waals surface area (Å²) in [6.45, 7) is 7.50. The van der Waals surface area contributed by atoms with Crippen molar-refractivity contribution in [3.63, 3.8) is 0 Å². The van der Waals surface area contributed by atoms with Gasteiger partial charge in [-0.05, 0) is 79.0 Å². The first-order valence-corrected chi connectivity index (χ1v) is 13.1. The standard InChI is InChI=1S/C30H42O3/c1-4-6-7-8-24-9-11-26(12-10-24)22-32-28-19-15-27(16-20-28)30(31)33-29-17-13-25(14-18-29)21-23(3)5-2/h13-20,23-24,26H,4-12,21-22H2,1-3H3/t23-,24?,26?/m0/s1. The molecule has 1 atom stereocenters. The lowest BCUT2D eigenvalue weighted by Gasteiger charge is -2.28. The molecule has 1 aliphatic rings. The number of unbranched alkanes of at least 4 members (excludes halogenated alkanes) is 2. The molecular weight excluding hydrogens is 408 g/mol. The Hall–Kier alpha value is -2.29. The first-order chi connectivity index (χ1) is 16.1. The second-order valence-corrected chi connectivity index (χ2v) is 9.97. The molecule has 3 heteroatoms. The third-order valence-electron chi connectivity index (χ3n) is 7.17. The number of carbonyl (C=O) groups is 1. The Bertz CT molecular complexity index is 817. The summed E-state index contributed by atoms with van der Waals surface area (Å²) in [7, 11) is 0. The van der Waals surface area contributed by atoms with Crippen molar-refractivity contribution in [2.45, 2.75) is 85.0 Å². The molecule has 0 radical (unpaired) electrons. The summed E-state index contributed by atoms with van der Waals surface area (Å²) in [5.74, 6) is 3.31. The lowest BCUT2D eigenvalue weighted by atomic mass is 9.80. The zero-order chi connectivity index (χ0) is 23.5. The Kier molecular flexibility index (Phi) is 10.3. The van der Waals surface area contributed by atoms with E-state index in [1.54, 1.807) is 12.1 Å².